The van der Waals surface area contributed by atoms with Gasteiger partial charge in [0.1, 0.15) is 31.2 Å². The van der Waals surface area contributed by atoms with Gasteiger partial charge in [0.2, 0.25) is 29.5 Å². The van der Waals surface area contributed by atoms with Gasteiger partial charge in [0.25, 0.3) is 11.8 Å². The van der Waals surface area contributed by atoms with Crippen LogP contribution in [0, 0.1) is 30.5 Å². The van der Waals surface area contributed by atoms with Gasteiger partial charge in [-0.25, -0.2) is 28.7 Å². The topological polar surface area (TPSA) is 425 Å². The lowest BCUT2D eigenvalue weighted by molar-refractivity contribution is -0.896. The molecule has 36 heteroatoms. The van der Waals surface area contributed by atoms with Gasteiger partial charge < -0.3 is 80.7 Å². The summed E-state index contributed by atoms with van der Waals surface area (Å²) in [7, 11) is 1.69. The molecule has 0 saturated carbocycles. The van der Waals surface area contributed by atoms with Crippen molar-refractivity contribution in [1.82, 2.24) is 51.2 Å². The van der Waals surface area contributed by atoms with Crippen LogP contribution in [-0.2, 0) is 82.6 Å². The van der Waals surface area contributed by atoms with Gasteiger partial charge in [0, 0.05) is 84.5 Å². The number of nitrogens with zero attached hydrogens (tertiary/aromatic N) is 8. The lowest BCUT2D eigenvalue weighted by atomic mass is 10.0. The van der Waals surface area contributed by atoms with Crippen LogP contribution in [0.1, 0.15) is 122 Å². The molecule has 9 amide bonds. The molecule has 8 rings (SSSR count). The standard InChI is InChI=1S/C74H93FN15O17PS2/c1-9-106-108(103,107-10-2)39-17-24-59(91)79-55(70(98)99)42-63(95)87(6)43-49-41-50(78-68(96)54(21-13-32-77-72(76)102)80-69(97)64(45(3)4)82-60(92)31-37-104-38-34-88-61(93)29-30-62(88)94)27-26-48(49)44-90(7,8)35-15-18-47-25-28-56(52(75)40-47)105-36-16-23-58-65(71(100)101)83-74(110-58)89-33-14-19-51-46(5)66(85-86-67(51)89)84-73-81-53-20-11-12-22-57(53)109-73/h11-12,20,22,25-30,40-41,45,54-55,64H,9-10,13-14,16-17,19,21,23-24,31-39,42-44H2,1-8H3,(H9-,76,77,78,79,80,81,82,84,85,91,92,96,97,98,99,100,101,102)/p+1/t54-,55-,64-/m0/s1. The Hall–Kier alpha value is -10.3. The van der Waals surface area contributed by atoms with Gasteiger partial charge in [-0.2, -0.15) is 0 Å². The second kappa shape index (κ2) is 40.4. The molecule has 2 aliphatic heterocycles. The highest BCUT2D eigenvalue weighted by Crippen LogP contribution is 2.49. The molecule has 3 aromatic carbocycles. The first-order chi connectivity index (χ1) is 52.4. The van der Waals surface area contributed by atoms with E-state index in [-0.39, 0.29) is 132 Å². The molecular weight excluding hydrogens is 1490 g/mol. The summed E-state index contributed by atoms with van der Waals surface area (Å²) >= 11 is 2.76. The van der Waals surface area contributed by atoms with E-state index < -0.39 is 103 Å². The number of ether oxygens (including phenoxy) is 2. The molecule has 0 unspecified atom stereocenters. The number of hydrogen-bond acceptors (Lipinski definition) is 23. The van der Waals surface area contributed by atoms with Gasteiger partial charge in [-0.05, 0) is 126 Å². The number of halogens is 1. The molecule has 590 valence electrons. The molecule has 0 saturated heterocycles. The number of benzene rings is 3. The lowest BCUT2D eigenvalue weighted by Crippen LogP contribution is -2.54. The summed E-state index contributed by atoms with van der Waals surface area (Å²) in [5, 5.41) is 47.2. The number of carboxylic acids is 2. The molecule has 0 spiro atoms. The number of urea groups is 1. The third-order valence-corrected chi connectivity index (χ3v) is 21.9. The van der Waals surface area contributed by atoms with E-state index in [4.69, 9.17) is 24.3 Å². The van der Waals surface area contributed by atoms with Crippen molar-refractivity contribution >= 4 is 127 Å². The van der Waals surface area contributed by atoms with Crippen LogP contribution in [0.4, 0.5) is 36.8 Å². The monoisotopic (exact) mass is 1580 g/mol. The number of anilines is 5. The number of rotatable bonds is 42. The average molecular weight is 1580 g/mol. The predicted molar refractivity (Wildman–Crippen MR) is 409 cm³/mol. The van der Waals surface area contributed by atoms with Gasteiger partial charge in [0.05, 0.1) is 76.5 Å². The Morgan fingerprint density at radius 1 is 0.845 bits per heavy atom. The highest BCUT2D eigenvalue weighted by molar-refractivity contribution is 7.53. The number of aryl methyl sites for hydroxylation is 1. The molecule has 0 bridgehead atoms. The summed E-state index contributed by atoms with van der Waals surface area (Å²) in [6.45, 7) is 9.60. The quantitative estimate of drug-likeness (QED) is 0.00590. The van der Waals surface area contributed by atoms with E-state index in [2.05, 4.69) is 63.9 Å². The number of carbonyl (C=O) groups is 10. The fourth-order valence-electron chi connectivity index (χ4n) is 12.0. The number of thiazole rings is 2. The molecule has 6 aromatic rings. The van der Waals surface area contributed by atoms with Gasteiger partial charge >= 0.3 is 25.6 Å². The Kier molecular flexibility index (Phi) is 31.3. The van der Waals surface area contributed by atoms with E-state index in [9.17, 15) is 62.7 Å². The van der Waals surface area contributed by atoms with Crippen LogP contribution in [0.15, 0.2) is 72.8 Å². The van der Waals surface area contributed by atoms with E-state index in [0.29, 0.717) is 56.4 Å². The Labute approximate surface area is 643 Å². The SMILES string of the molecule is CCOP(=O)(CCCC(=O)N[C@@H](CC(=O)N(C)Cc1cc(NC(=O)[C@H](CCCNC(N)=O)NC(=O)[C@@H](NC(=O)CCOCCN2C(=O)C=CC2=O)C(C)C)ccc1C[N+](C)(C)CC#Cc1ccc(OCCCc2sc(N3CCCc4c3nnc(Nc3nc5ccccc5s3)c4C)nc2C(=O)O)c(F)c1)C(=O)O)OCC. The summed E-state index contributed by atoms with van der Waals surface area (Å²) in [5.74, 6) is -0.860. The van der Waals surface area contributed by atoms with Crippen molar-refractivity contribution in [3.05, 3.63) is 117 Å². The van der Waals surface area contributed by atoms with Crippen molar-refractivity contribution in [2.24, 2.45) is 11.7 Å². The third-order valence-electron chi connectivity index (χ3n) is 17.6. The van der Waals surface area contributed by atoms with Gasteiger partial charge in [-0.3, -0.25) is 43.0 Å². The van der Waals surface area contributed by atoms with Crippen molar-refractivity contribution in [2.75, 3.05) is 102 Å². The maximum absolute atomic E-state index is 15.8. The first-order valence-electron chi connectivity index (χ1n) is 36.0. The highest BCUT2D eigenvalue weighted by Gasteiger charge is 2.33. The van der Waals surface area contributed by atoms with E-state index in [1.807, 2.05) is 50.2 Å². The maximum atomic E-state index is 15.8. The van der Waals surface area contributed by atoms with Crippen LogP contribution in [-0.4, -0.2) is 209 Å². The molecule has 0 fully saturated rings. The normalized spacial score (nSPS) is 13.6. The summed E-state index contributed by atoms with van der Waals surface area (Å²) in [6, 6.07) is 12.2. The number of hydrogen-bond donors (Lipinski definition) is 9. The fourth-order valence-corrected chi connectivity index (χ4v) is 15.6. The number of primary amides is 1. The third kappa shape index (κ3) is 24.8. The summed E-state index contributed by atoms with van der Waals surface area (Å²) in [4.78, 5) is 143. The van der Waals surface area contributed by atoms with E-state index in [1.54, 1.807) is 52.0 Å². The molecule has 10 N–H and O–H groups in total. The van der Waals surface area contributed by atoms with E-state index >= 15 is 4.39 Å². The molecular formula is C74H94FN15O17PS2+. The number of aromatic carboxylic acids is 1. The van der Waals surface area contributed by atoms with E-state index in [1.165, 1.54) is 46.8 Å². The molecule has 0 radical (unpaired) electrons. The lowest BCUT2D eigenvalue weighted by Gasteiger charge is -2.30. The van der Waals surface area contributed by atoms with Crippen LogP contribution >= 0.6 is 30.3 Å². The van der Waals surface area contributed by atoms with Gasteiger partial charge in [0.15, 0.2) is 39.2 Å². The summed E-state index contributed by atoms with van der Waals surface area (Å²) < 4.78 is 51.9. The number of aliphatic carboxylic acids is 1. The average Bonchev–Trinajstić information content (AvgIpc) is 1.48. The summed E-state index contributed by atoms with van der Waals surface area (Å²) in [5.41, 5.74) is 9.65. The number of carboxylic acid groups (broad SMARTS) is 2. The van der Waals surface area contributed by atoms with Crippen LogP contribution in [0.3, 0.4) is 0 Å². The number of para-hydroxylation sites is 1. The van der Waals surface area contributed by atoms with Gasteiger partial charge in [-0.1, -0.05) is 49.3 Å². The van der Waals surface area contributed by atoms with Crippen molar-refractivity contribution in [3.63, 3.8) is 0 Å². The van der Waals surface area contributed by atoms with Crippen LogP contribution < -0.4 is 47.3 Å². The van der Waals surface area contributed by atoms with Crippen LogP contribution in [0.2, 0.25) is 0 Å². The molecule has 110 heavy (non-hydrogen) atoms. The van der Waals surface area contributed by atoms with Crippen LogP contribution in [0.5, 0.6) is 5.75 Å². The van der Waals surface area contributed by atoms with Crippen molar-refractivity contribution in [2.45, 2.75) is 130 Å². The second-order valence-corrected chi connectivity index (χ2v) is 31.3. The minimum absolute atomic E-state index is 0.0238. The molecule has 2 aliphatic rings. The molecule has 5 heterocycles. The zero-order valence-corrected chi connectivity index (χ0v) is 65.1. The summed E-state index contributed by atoms with van der Waals surface area (Å²) in [6.07, 6.45) is 3.37. The smallest absolute Gasteiger partial charge is 0.355 e. The Bertz CT molecular complexity index is 4440. The molecule has 0 aliphatic carbocycles. The largest absolute Gasteiger partial charge is 0.491 e. The maximum Gasteiger partial charge on any atom is 0.355 e. The first kappa shape index (κ1) is 85.3. The minimum atomic E-state index is -3.50. The molecule has 3 aromatic heterocycles. The number of amides is 9. The van der Waals surface area contributed by atoms with E-state index in [0.717, 1.165) is 51.2 Å². The fraction of sp³-hybridized carbons (Fsp3) is 0.459. The first-order valence-corrected chi connectivity index (χ1v) is 39.3. The van der Waals surface area contributed by atoms with Gasteiger partial charge in [-0.15, -0.1) is 21.5 Å². The Balaban J connectivity index is 0.923. The number of nitrogens with one attached hydrogen (secondary N) is 6. The zero-order chi connectivity index (χ0) is 79.8. The van der Waals surface area contributed by atoms with Crippen molar-refractivity contribution < 1.29 is 90.1 Å². The Morgan fingerprint density at radius 3 is 2.27 bits per heavy atom. The number of nitrogens with two attached hydrogens (primary N) is 1. The second-order valence-electron chi connectivity index (χ2n) is 27.0. The zero-order valence-electron chi connectivity index (χ0n) is 62.6. The Morgan fingerprint density at radius 2 is 1.58 bits per heavy atom. The van der Waals surface area contributed by atoms with Crippen molar-refractivity contribution in [3.8, 4) is 17.6 Å². The highest BCUT2D eigenvalue weighted by atomic mass is 32.1. The van der Waals surface area contributed by atoms with Crippen molar-refractivity contribution in [1.29, 1.82) is 0 Å². The molecule has 32 nitrogen and oxygen atoms in total. The number of aromatic nitrogens is 4. The number of quaternary nitrogens is 1. The number of fused-ring (bicyclic) bond motifs is 2. The number of carbonyl (C=O) groups excluding carboxylic acids is 8. The molecule has 3 atom stereocenters. The van der Waals surface area contributed by atoms with Crippen LogP contribution in [0.25, 0.3) is 10.2 Å². The predicted octanol–water partition coefficient (Wildman–Crippen LogP) is 7.46. The minimum Gasteiger partial charge on any atom is -0.491 e. The number of imide groups is 1.